The number of carbonyl (C=O) groups is 2. The van der Waals surface area contributed by atoms with Crippen LogP contribution in [0.3, 0.4) is 0 Å². The molecule has 0 aromatic heterocycles. The van der Waals surface area contributed by atoms with Crippen molar-refractivity contribution in [2.75, 3.05) is 25.1 Å². The third-order valence-electron chi connectivity index (χ3n) is 4.58. The summed E-state index contributed by atoms with van der Waals surface area (Å²) in [6, 6.07) is 3.28. The Hall–Kier alpha value is -1.58. The fraction of sp³-hybridized carbons (Fsp3) is 0.556. The molecule has 1 aliphatic rings. The first-order valence-corrected chi connectivity index (χ1v) is 11.7. The van der Waals surface area contributed by atoms with Gasteiger partial charge in [0.15, 0.2) is 0 Å². The van der Waals surface area contributed by atoms with E-state index in [4.69, 9.17) is 0 Å². The van der Waals surface area contributed by atoms with Gasteiger partial charge in [0, 0.05) is 18.7 Å². The van der Waals surface area contributed by atoms with E-state index in [2.05, 4.69) is 5.32 Å². The zero-order valence-electron chi connectivity index (χ0n) is 15.6. The SMILES string of the molecule is CSCC[C@@H](NC(=O)c1ccc(C)c(S(=O)(=O)N2CCCCC2)c1)C(=O)[O-]. The molecule has 0 spiro atoms. The van der Waals surface area contributed by atoms with Crippen molar-refractivity contribution in [2.45, 2.75) is 43.5 Å². The van der Waals surface area contributed by atoms with Crippen molar-refractivity contribution in [3.05, 3.63) is 29.3 Å². The molecular weight excluding hydrogens is 388 g/mol. The Balaban J connectivity index is 2.25. The minimum absolute atomic E-state index is 0.0890. The Morgan fingerprint density at radius 3 is 2.52 bits per heavy atom. The highest BCUT2D eigenvalue weighted by molar-refractivity contribution is 7.98. The number of amides is 1. The number of hydrogen-bond acceptors (Lipinski definition) is 6. The first-order valence-electron chi connectivity index (χ1n) is 8.89. The summed E-state index contributed by atoms with van der Waals surface area (Å²) in [5.74, 6) is -1.42. The average molecular weight is 414 g/mol. The zero-order chi connectivity index (χ0) is 20.0. The van der Waals surface area contributed by atoms with Crippen LogP contribution in [-0.4, -0.2) is 55.7 Å². The quantitative estimate of drug-likeness (QED) is 0.675. The predicted octanol–water partition coefficient (Wildman–Crippen LogP) is 0.771. The van der Waals surface area contributed by atoms with Crippen LogP contribution in [-0.2, 0) is 14.8 Å². The summed E-state index contributed by atoms with van der Waals surface area (Å²) < 4.78 is 27.3. The Bertz CT molecular complexity index is 789. The highest BCUT2D eigenvalue weighted by Crippen LogP contribution is 2.24. The molecule has 0 radical (unpaired) electrons. The summed E-state index contributed by atoms with van der Waals surface area (Å²) in [7, 11) is -3.69. The second kappa shape index (κ2) is 9.57. The van der Waals surface area contributed by atoms with Crippen LogP contribution in [0, 0.1) is 6.92 Å². The lowest BCUT2D eigenvalue weighted by Crippen LogP contribution is -2.48. The summed E-state index contributed by atoms with van der Waals surface area (Å²) in [6.45, 7) is 2.63. The number of aryl methyl sites for hydroxylation is 1. The highest BCUT2D eigenvalue weighted by Gasteiger charge is 2.28. The van der Waals surface area contributed by atoms with E-state index in [1.807, 2.05) is 6.26 Å². The molecule has 1 heterocycles. The van der Waals surface area contributed by atoms with Gasteiger partial charge in [-0.05, 0) is 55.9 Å². The molecule has 0 bridgehead atoms. The summed E-state index contributed by atoms with van der Waals surface area (Å²) in [4.78, 5) is 23.8. The molecule has 150 valence electrons. The third-order valence-corrected chi connectivity index (χ3v) is 7.27. The lowest BCUT2D eigenvalue weighted by Gasteiger charge is -2.26. The van der Waals surface area contributed by atoms with E-state index in [0.29, 0.717) is 24.4 Å². The molecule has 27 heavy (non-hydrogen) atoms. The standard InChI is InChI=1S/C18H26N2O5S2/c1-13-6-7-14(17(21)19-15(18(22)23)8-11-26-2)12-16(13)27(24,25)20-9-4-3-5-10-20/h6-7,12,15H,3-5,8-11H2,1-2H3,(H,19,21)(H,22,23)/p-1/t15-/m1/s1. The van der Waals surface area contributed by atoms with E-state index in [9.17, 15) is 23.1 Å². The molecule has 1 atom stereocenters. The molecule has 7 nitrogen and oxygen atoms in total. The van der Waals surface area contributed by atoms with Crippen LogP contribution < -0.4 is 10.4 Å². The molecule has 1 fully saturated rings. The van der Waals surface area contributed by atoms with Gasteiger partial charge in [-0.25, -0.2) is 8.42 Å². The Morgan fingerprint density at radius 2 is 1.93 bits per heavy atom. The summed E-state index contributed by atoms with van der Waals surface area (Å²) in [5.41, 5.74) is 0.669. The van der Waals surface area contributed by atoms with Gasteiger partial charge in [0.2, 0.25) is 10.0 Å². The van der Waals surface area contributed by atoms with Gasteiger partial charge in [0.05, 0.1) is 16.9 Å². The van der Waals surface area contributed by atoms with Gasteiger partial charge in [-0.1, -0.05) is 12.5 Å². The zero-order valence-corrected chi connectivity index (χ0v) is 17.2. The van der Waals surface area contributed by atoms with E-state index in [1.165, 1.54) is 28.2 Å². The van der Waals surface area contributed by atoms with Gasteiger partial charge in [0.1, 0.15) is 0 Å². The molecular formula is C18H25N2O5S2-. The minimum Gasteiger partial charge on any atom is -0.548 e. The van der Waals surface area contributed by atoms with Crippen LogP contribution in [0.25, 0.3) is 0 Å². The second-order valence-electron chi connectivity index (χ2n) is 6.57. The van der Waals surface area contributed by atoms with Crippen LogP contribution in [0.2, 0.25) is 0 Å². The molecule has 1 aliphatic heterocycles. The van der Waals surface area contributed by atoms with E-state index < -0.39 is 27.9 Å². The fourth-order valence-corrected chi connectivity index (χ4v) is 5.23. The van der Waals surface area contributed by atoms with Gasteiger partial charge in [0.25, 0.3) is 5.91 Å². The number of hydrogen-bond donors (Lipinski definition) is 1. The van der Waals surface area contributed by atoms with Crippen LogP contribution in [0.15, 0.2) is 23.1 Å². The topological polar surface area (TPSA) is 107 Å². The third kappa shape index (κ3) is 5.46. The Morgan fingerprint density at radius 1 is 1.26 bits per heavy atom. The van der Waals surface area contributed by atoms with Gasteiger partial charge >= 0.3 is 0 Å². The van der Waals surface area contributed by atoms with Crippen LogP contribution in [0.4, 0.5) is 0 Å². The molecule has 1 amide bonds. The second-order valence-corrected chi connectivity index (χ2v) is 9.46. The van der Waals surface area contributed by atoms with E-state index in [1.54, 1.807) is 13.0 Å². The van der Waals surface area contributed by atoms with Crippen molar-refractivity contribution in [1.29, 1.82) is 0 Å². The maximum Gasteiger partial charge on any atom is 0.251 e. The molecule has 2 rings (SSSR count). The Labute approximate surface area is 164 Å². The number of aliphatic carboxylic acids is 1. The summed E-state index contributed by atoms with van der Waals surface area (Å²) in [6.07, 6.45) is 4.72. The minimum atomic E-state index is -3.69. The molecule has 1 aromatic rings. The number of carboxylic acids is 1. The number of nitrogens with one attached hydrogen (secondary N) is 1. The number of piperidine rings is 1. The van der Waals surface area contributed by atoms with Gasteiger partial charge in [-0.2, -0.15) is 16.1 Å². The molecule has 1 saturated heterocycles. The lowest BCUT2D eigenvalue weighted by molar-refractivity contribution is -0.308. The number of rotatable bonds is 8. The Kier molecular flexibility index (Phi) is 7.69. The molecule has 0 aliphatic carbocycles. The van der Waals surface area contributed by atoms with Crippen molar-refractivity contribution >= 4 is 33.7 Å². The van der Waals surface area contributed by atoms with Gasteiger partial charge in [-0.3, -0.25) is 4.79 Å². The first-order chi connectivity index (χ1) is 12.8. The monoisotopic (exact) mass is 413 g/mol. The number of carbonyl (C=O) groups excluding carboxylic acids is 2. The van der Waals surface area contributed by atoms with Crippen LogP contribution in [0.1, 0.15) is 41.6 Å². The smallest absolute Gasteiger partial charge is 0.251 e. The van der Waals surface area contributed by atoms with Crippen LogP contribution >= 0.6 is 11.8 Å². The predicted molar refractivity (Wildman–Crippen MR) is 103 cm³/mol. The van der Waals surface area contributed by atoms with Gasteiger partial charge in [-0.15, -0.1) is 0 Å². The first kappa shape index (κ1) is 21.7. The number of sulfonamides is 1. The molecule has 9 heteroatoms. The lowest BCUT2D eigenvalue weighted by atomic mass is 10.1. The van der Waals surface area contributed by atoms with E-state index in [-0.39, 0.29) is 16.9 Å². The average Bonchev–Trinajstić information content (AvgIpc) is 2.65. The van der Waals surface area contributed by atoms with Gasteiger partial charge < -0.3 is 15.2 Å². The highest BCUT2D eigenvalue weighted by atomic mass is 32.2. The van der Waals surface area contributed by atoms with E-state index in [0.717, 1.165) is 19.3 Å². The summed E-state index contributed by atoms with van der Waals surface area (Å²) >= 11 is 1.47. The molecule has 1 aromatic carbocycles. The van der Waals surface area contributed by atoms with Crippen LogP contribution in [0.5, 0.6) is 0 Å². The maximum atomic E-state index is 12.9. The van der Waals surface area contributed by atoms with E-state index >= 15 is 0 Å². The number of benzene rings is 1. The molecule has 1 N–H and O–H groups in total. The molecule has 0 unspecified atom stereocenters. The summed E-state index contributed by atoms with van der Waals surface area (Å²) in [5, 5.41) is 13.6. The van der Waals surface area contributed by atoms with Crippen molar-refractivity contribution in [1.82, 2.24) is 9.62 Å². The number of nitrogens with zero attached hydrogens (tertiary/aromatic N) is 1. The van der Waals surface area contributed by atoms with Crippen molar-refractivity contribution in [3.63, 3.8) is 0 Å². The number of thioether (sulfide) groups is 1. The maximum absolute atomic E-state index is 12.9. The number of carboxylic acid groups (broad SMARTS) is 1. The fourth-order valence-electron chi connectivity index (χ4n) is 2.99. The normalized spacial score (nSPS) is 16.7. The molecule has 0 saturated carbocycles. The largest absolute Gasteiger partial charge is 0.548 e. The van der Waals surface area contributed by atoms with Crippen molar-refractivity contribution in [2.24, 2.45) is 0 Å². The van der Waals surface area contributed by atoms with Crippen molar-refractivity contribution in [3.8, 4) is 0 Å². The van der Waals surface area contributed by atoms with Crippen molar-refractivity contribution < 1.29 is 23.1 Å².